The second-order valence-corrected chi connectivity index (χ2v) is 4.75. The molecule has 6 nitrogen and oxygen atoms in total. The first kappa shape index (κ1) is 19.4. The lowest BCUT2D eigenvalue weighted by Crippen LogP contribution is -2.04. The van der Waals surface area contributed by atoms with Gasteiger partial charge in [0.2, 0.25) is 0 Å². The fourth-order valence-corrected chi connectivity index (χ4v) is 1.70. The standard InChI is InChI=1S/2C8H10FNO2/c2*1-3-12-8(11)7-4-6(9)5(2)10-7/h2*4,10H,3H2,1-2H3. The van der Waals surface area contributed by atoms with Crippen LogP contribution in [0.25, 0.3) is 0 Å². The van der Waals surface area contributed by atoms with E-state index in [2.05, 4.69) is 19.4 Å². The van der Waals surface area contributed by atoms with E-state index in [0.717, 1.165) is 12.1 Å². The van der Waals surface area contributed by atoms with Crippen molar-refractivity contribution in [2.45, 2.75) is 27.7 Å². The number of aryl methyl sites for hydroxylation is 2. The SMILES string of the molecule is CCOC(=O)c1cc(F)c(C)[nH]1.CCOC(=O)c1cc(F)c(C)[nH]1. The number of aromatic amines is 2. The molecule has 2 aromatic rings. The Hall–Kier alpha value is -2.64. The summed E-state index contributed by atoms with van der Waals surface area (Å²) in [6.07, 6.45) is 0. The Bertz CT molecular complexity index is 608. The molecular formula is C16H20F2N2O4. The van der Waals surface area contributed by atoms with Crippen LogP contribution in [-0.4, -0.2) is 35.1 Å². The zero-order valence-corrected chi connectivity index (χ0v) is 14.0. The third-order valence-electron chi connectivity index (χ3n) is 2.89. The maximum absolute atomic E-state index is 12.7. The van der Waals surface area contributed by atoms with Crippen LogP contribution in [0, 0.1) is 25.5 Å². The molecule has 0 aliphatic rings. The normalized spacial score (nSPS) is 9.92. The molecule has 0 aliphatic carbocycles. The monoisotopic (exact) mass is 342 g/mol. The minimum Gasteiger partial charge on any atom is -0.461 e. The van der Waals surface area contributed by atoms with Crippen molar-refractivity contribution < 1.29 is 27.8 Å². The Morgan fingerprint density at radius 2 is 1.21 bits per heavy atom. The number of ether oxygens (including phenoxy) is 2. The average Bonchev–Trinajstić information content (AvgIpc) is 3.04. The Morgan fingerprint density at radius 3 is 1.42 bits per heavy atom. The molecule has 0 amide bonds. The maximum Gasteiger partial charge on any atom is 0.354 e. The van der Waals surface area contributed by atoms with Crippen LogP contribution < -0.4 is 0 Å². The number of carbonyl (C=O) groups excluding carboxylic acids is 2. The molecule has 0 aromatic carbocycles. The van der Waals surface area contributed by atoms with Crippen molar-refractivity contribution >= 4 is 11.9 Å². The minimum atomic E-state index is -0.524. The Labute approximate surface area is 138 Å². The van der Waals surface area contributed by atoms with Crippen molar-refractivity contribution in [2.24, 2.45) is 0 Å². The van der Waals surface area contributed by atoms with Gasteiger partial charge in [-0.05, 0) is 27.7 Å². The van der Waals surface area contributed by atoms with Gasteiger partial charge in [0, 0.05) is 23.5 Å². The molecule has 2 aromatic heterocycles. The van der Waals surface area contributed by atoms with E-state index in [1.807, 2.05) is 0 Å². The van der Waals surface area contributed by atoms with Crippen molar-refractivity contribution in [3.63, 3.8) is 0 Å². The van der Waals surface area contributed by atoms with E-state index >= 15 is 0 Å². The van der Waals surface area contributed by atoms with Gasteiger partial charge in [0.15, 0.2) is 0 Å². The first-order valence-electron chi connectivity index (χ1n) is 7.34. The van der Waals surface area contributed by atoms with Gasteiger partial charge in [0.25, 0.3) is 0 Å². The number of rotatable bonds is 4. The zero-order valence-electron chi connectivity index (χ0n) is 14.0. The first-order valence-corrected chi connectivity index (χ1v) is 7.34. The van der Waals surface area contributed by atoms with Crippen LogP contribution in [0.1, 0.15) is 46.2 Å². The van der Waals surface area contributed by atoms with Gasteiger partial charge < -0.3 is 19.4 Å². The molecule has 0 spiro atoms. The number of aromatic nitrogens is 2. The van der Waals surface area contributed by atoms with Gasteiger partial charge in [0.05, 0.1) is 13.2 Å². The zero-order chi connectivity index (χ0) is 18.3. The largest absolute Gasteiger partial charge is 0.461 e. The Balaban J connectivity index is 0.000000240. The third-order valence-corrected chi connectivity index (χ3v) is 2.89. The highest BCUT2D eigenvalue weighted by molar-refractivity contribution is 5.88. The number of nitrogens with one attached hydrogen (secondary N) is 2. The van der Waals surface area contributed by atoms with Crippen molar-refractivity contribution in [3.8, 4) is 0 Å². The quantitative estimate of drug-likeness (QED) is 0.835. The predicted molar refractivity (Wildman–Crippen MR) is 82.9 cm³/mol. The second kappa shape index (κ2) is 8.85. The van der Waals surface area contributed by atoms with Crippen molar-refractivity contribution in [1.29, 1.82) is 0 Å². The van der Waals surface area contributed by atoms with Crippen LogP contribution >= 0.6 is 0 Å². The molecule has 0 fully saturated rings. The molecule has 0 atom stereocenters. The van der Waals surface area contributed by atoms with Crippen LogP contribution in [0.5, 0.6) is 0 Å². The van der Waals surface area contributed by atoms with Gasteiger partial charge in [-0.25, -0.2) is 18.4 Å². The maximum atomic E-state index is 12.7. The van der Waals surface area contributed by atoms with E-state index in [0.29, 0.717) is 24.6 Å². The fraction of sp³-hybridized carbons (Fsp3) is 0.375. The minimum absolute atomic E-state index is 0.159. The van der Waals surface area contributed by atoms with Gasteiger partial charge >= 0.3 is 11.9 Å². The highest BCUT2D eigenvalue weighted by Crippen LogP contribution is 2.09. The summed E-state index contributed by atoms with van der Waals surface area (Å²) in [6, 6.07) is 2.26. The molecule has 0 saturated heterocycles. The van der Waals surface area contributed by atoms with Gasteiger partial charge in [0.1, 0.15) is 23.0 Å². The average molecular weight is 342 g/mol. The molecule has 2 heterocycles. The Morgan fingerprint density at radius 1 is 0.875 bits per heavy atom. The molecule has 2 rings (SSSR count). The topological polar surface area (TPSA) is 84.2 Å². The van der Waals surface area contributed by atoms with E-state index in [9.17, 15) is 18.4 Å². The summed E-state index contributed by atoms with van der Waals surface area (Å²) in [5.41, 5.74) is 1.01. The summed E-state index contributed by atoms with van der Waals surface area (Å²) in [6.45, 7) is 7.08. The smallest absolute Gasteiger partial charge is 0.354 e. The van der Waals surface area contributed by atoms with Gasteiger partial charge in [-0.15, -0.1) is 0 Å². The molecule has 0 unspecified atom stereocenters. The third kappa shape index (κ3) is 5.22. The number of hydrogen-bond acceptors (Lipinski definition) is 4. The number of carbonyl (C=O) groups is 2. The molecular weight excluding hydrogens is 322 g/mol. The highest BCUT2D eigenvalue weighted by atomic mass is 19.1. The molecule has 0 radical (unpaired) electrons. The summed E-state index contributed by atoms with van der Waals surface area (Å²) in [5.74, 6) is -1.88. The second-order valence-electron chi connectivity index (χ2n) is 4.75. The highest BCUT2D eigenvalue weighted by Gasteiger charge is 2.12. The lowest BCUT2D eigenvalue weighted by atomic mass is 10.4. The summed E-state index contributed by atoms with van der Waals surface area (Å²) in [4.78, 5) is 27.1. The van der Waals surface area contributed by atoms with Gasteiger partial charge in [-0.2, -0.15) is 0 Å². The van der Waals surface area contributed by atoms with Crippen LogP contribution in [0.2, 0.25) is 0 Å². The van der Waals surface area contributed by atoms with E-state index in [1.165, 1.54) is 0 Å². The van der Waals surface area contributed by atoms with E-state index in [-0.39, 0.29) is 11.4 Å². The number of H-pyrrole nitrogens is 2. The van der Waals surface area contributed by atoms with E-state index in [1.54, 1.807) is 27.7 Å². The van der Waals surface area contributed by atoms with Gasteiger partial charge in [-0.1, -0.05) is 0 Å². The lowest BCUT2D eigenvalue weighted by molar-refractivity contribution is 0.0510. The van der Waals surface area contributed by atoms with Crippen LogP contribution in [0.4, 0.5) is 8.78 Å². The summed E-state index contributed by atoms with van der Waals surface area (Å²) >= 11 is 0. The van der Waals surface area contributed by atoms with Crippen LogP contribution in [0.15, 0.2) is 12.1 Å². The predicted octanol–water partition coefficient (Wildman–Crippen LogP) is 3.28. The van der Waals surface area contributed by atoms with Crippen molar-refractivity contribution in [1.82, 2.24) is 9.97 Å². The van der Waals surface area contributed by atoms with E-state index < -0.39 is 23.6 Å². The Kier molecular flexibility index (Phi) is 7.16. The lowest BCUT2D eigenvalue weighted by Gasteiger charge is -1.96. The molecule has 0 aliphatic heterocycles. The van der Waals surface area contributed by atoms with Gasteiger partial charge in [-0.3, -0.25) is 0 Å². The summed E-state index contributed by atoms with van der Waals surface area (Å²) in [7, 11) is 0. The van der Waals surface area contributed by atoms with Crippen LogP contribution in [0.3, 0.4) is 0 Å². The fourth-order valence-electron chi connectivity index (χ4n) is 1.70. The molecule has 2 N–H and O–H groups in total. The summed E-state index contributed by atoms with van der Waals surface area (Å²) < 4.78 is 34.7. The number of hydrogen-bond donors (Lipinski definition) is 2. The first-order chi connectivity index (χ1) is 11.3. The van der Waals surface area contributed by atoms with Crippen LogP contribution in [-0.2, 0) is 9.47 Å². The number of esters is 2. The number of halogens is 2. The van der Waals surface area contributed by atoms with Crippen molar-refractivity contribution in [3.05, 3.63) is 46.5 Å². The summed E-state index contributed by atoms with van der Waals surface area (Å²) in [5, 5.41) is 0. The van der Waals surface area contributed by atoms with E-state index in [4.69, 9.17) is 0 Å². The molecule has 132 valence electrons. The van der Waals surface area contributed by atoms with Crippen molar-refractivity contribution in [2.75, 3.05) is 13.2 Å². The molecule has 24 heavy (non-hydrogen) atoms. The molecule has 0 saturated carbocycles. The molecule has 8 heteroatoms. The molecule has 0 bridgehead atoms.